The molecule has 6 heteroatoms. The summed E-state index contributed by atoms with van der Waals surface area (Å²) in [5, 5.41) is 16.6. The fraction of sp³-hybridized carbons (Fsp3) is 0.167. The molecule has 0 aromatic heterocycles. The summed E-state index contributed by atoms with van der Waals surface area (Å²) in [6.45, 7) is 1.62. The number of rotatable bonds is 3. The first-order chi connectivity index (χ1) is 11.5. The molecular formula is C18H17N3O3. The normalized spacial score (nSPS) is 20.0. The van der Waals surface area contributed by atoms with E-state index in [2.05, 4.69) is 5.10 Å². The first kappa shape index (κ1) is 15.9. The van der Waals surface area contributed by atoms with Crippen LogP contribution in [0.4, 0.5) is 0 Å². The summed E-state index contributed by atoms with van der Waals surface area (Å²) in [7, 11) is 1.50. The van der Waals surface area contributed by atoms with Gasteiger partial charge in [-0.2, -0.15) is 10.2 Å². The Bertz CT molecular complexity index is 805. The third-order valence-corrected chi connectivity index (χ3v) is 4.15. The molecule has 24 heavy (non-hydrogen) atoms. The molecule has 0 aliphatic carbocycles. The average Bonchev–Trinajstić information content (AvgIpc) is 2.85. The van der Waals surface area contributed by atoms with E-state index < -0.39 is 17.4 Å². The summed E-state index contributed by atoms with van der Waals surface area (Å²) in [6.07, 6.45) is 0. The van der Waals surface area contributed by atoms with E-state index in [1.165, 1.54) is 7.05 Å². The highest BCUT2D eigenvalue weighted by Gasteiger charge is 2.56. The first-order valence-electron chi connectivity index (χ1n) is 7.47. The summed E-state index contributed by atoms with van der Waals surface area (Å²) in [5.41, 5.74) is -0.575. The van der Waals surface area contributed by atoms with Crippen molar-refractivity contribution < 1.29 is 14.8 Å². The number of hydrogen-bond donors (Lipinski definition) is 1. The number of amides is 2. The largest absolute Gasteiger partial charge is 0.284 e. The fourth-order valence-electron chi connectivity index (χ4n) is 2.96. The van der Waals surface area contributed by atoms with Crippen LogP contribution in [-0.2, 0) is 10.3 Å². The van der Waals surface area contributed by atoms with Crippen LogP contribution in [0, 0.1) is 0 Å². The molecular weight excluding hydrogens is 306 g/mol. The lowest BCUT2D eigenvalue weighted by Gasteiger charge is -2.35. The third kappa shape index (κ3) is 2.19. The van der Waals surface area contributed by atoms with Gasteiger partial charge in [0.15, 0.2) is 0 Å². The van der Waals surface area contributed by atoms with Crippen molar-refractivity contribution in [2.24, 2.45) is 5.10 Å². The minimum atomic E-state index is -1.66. The molecule has 0 bridgehead atoms. The molecule has 1 N–H and O–H groups in total. The van der Waals surface area contributed by atoms with E-state index in [0.29, 0.717) is 16.3 Å². The van der Waals surface area contributed by atoms with Gasteiger partial charge in [-0.05, 0) is 24.6 Å². The molecule has 0 saturated carbocycles. The van der Waals surface area contributed by atoms with E-state index in [-0.39, 0.29) is 5.56 Å². The third-order valence-electron chi connectivity index (χ3n) is 4.15. The molecule has 2 aromatic carbocycles. The predicted octanol–water partition coefficient (Wildman–Crippen LogP) is 2.26. The Morgan fingerprint density at radius 3 is 2.12 bits per heavy atom. The van der Waals surface area contributed by atoms with E-state index in [9.17, 15) is 14.8 Å². The molecule has 0 fully saturated rings. The first-order valence-corrected chi connectivity index (χ1v) is 7.47. The van der Waals surface area contributed by atoms with Gasteiger partial charge in [0.2, 0.25) is 5.54 Å². The Balaban J connectivity index is 2.15. The molecule has 1 aliphatic heterocycles. The molecule has 0 radical (unpaired) electrons. The zero-order valence-electron chi connectivity index (χ0n) is 13.4. The molecule has 1 aliphatic rings. The van der Waals surface area contributed by atoms with Gasteiger partial charge in [-0.25, -0.2) is 5.01 Å². The Hall–Kier alpha value is -2.99. The molecule has 1 unspecified atom stereocenters. The van der Waals surface area contributed by atoms with Crippen molar-refractivity contribution in [1.29, 1.82) is 0 Å². The van der Waals surface area contributed by atoms with Gasteiger partial charge >= 0.3 is 0 Å². The van der Waals surface area contributed by atoms with Crippen molar-refractivity contribution in [3.8, 4) is 0 Å². The standard InChI is InChI=1S/C18H17N3O3/c1-13-18(17(23)20(2)19-13,15-11-7-4-8-12-15)21(24)16(22)14-9-5-3-6-10-14/h3-12,24H,1-2H3. The van der Waals surface area contributed by atoms with E-state index >= 15 is 0 Å². The molecule has 0 spiro atoms. The molecule has 2 aromatic rings. The number of hydrogen-bond acceptors (Lipinski definition) is 4. The second-order valence-electron chi connectivity index (χ2n) is 5.57. The zero-order valence-corrected chi connectivity index (χ0v) is 13.4. The molecule has 6 nitrogen and oxygen atoms in total. The minimum absolute atomic E-state index is 0.283. The van der Waals surface area contributed by atoms with Gasteiger partial charge < -0.3 is 0 Å². The summed E-state index contributed by atoms with van der Waals surface area (Å²) in [5.74, 6) is -1.16. The number of carbonyl (C=O) groups excluding carboxylic acids is 2. The number of likely N-dealkylation sites (N-methyl/N-ethyl adjacent to an activating group) is 1. The lowest BCUT2D eigenvalue weighted by atomic mass is 9.84. The lowest BCUT2D eigenvalue weighted by Crippen LogP contribution is -2.57. The van der Waals surface area contributed by atoms with E-state index in [0.717, 1.165) is 5.01 Å². The summed E-state index contributed by atoms with van der Waals surface area (Å²) < 4.78 is 0. The van der Waals surface area contributed by atoms with Crippen LogP contribution in [0.25, 0.3) is 0 Å². The van der Waals surface area contributed by atoms with Crippen molar-refractivity contribution in [1.82, 2.24) is 10.1 Å². The Morgan fingerprint density at radius 2 is 1.62 bits per heavy atom. The molecule has 1 heterocycles. The number of nitrogens with zero attached hydrogens (tertiary/aromatic N) is 3. The molecule has 1 atom stereocenters. The van der Waals surface area contributed by atoms with E-state index in [1.807, 2.05) is 0 Å². The maximum absolute atomic E-state index is 12.9. The number of carbonyl (C=O) groups is 2. The lowest BCUT2D eigenvalue weighted by molar-refractivity contribution is -0.157. The fourth-order valence-corrected chi connectivity index (χ4v) is 2.96. The molecule has 2 amide bonds. The monoisotopic (exact) mass is 323 g/mol. The van der Waals surface area contributed by atoms with Crippen molar-refractivity contribution in [2.75, 3.05) is 7.05 Å². The van der Waals surface area contributed by atoms with Gasteiger partial charge in [-0.1, -0.05) is 48.5 Å². The predicted molar refractivity (Wildman–Crippen MR) is 88.4 cm³/mol. The second kappa shape index (κ2) is 5.90. The van der Waals surface area contributed by atoms with Crippen molar-refractivity contribution in [3.05, 3.63) is 71.8 Å². The summed E-state index contributed by atoms with van der Waals surface area (Å²) in [6, 6.07) is 17.0. The van der Waals surface area contributed by atoms with Crippen LogP contribution in [0.5, 0.6) is 0 Å². The topological polar surface area (TPSA) is 73.2 Å². The van der Waals surface area contributed by atoms with Crippen LogP contribution in [0.15, 0.2) is 65.8 Å². The highest BCUT2D eigenvalue weighted by Crippen LogP contribution is 2.36. The van der Waals surface area contributed by atoms with E-state index in [1.54, 1.807) is 67.6 Å². The number of hydrazone groups is 1. The quantitative estimate of drug-likeness (QED) is 0.695. The highest BCUT2D eigenvalue weighted by atomic mass is 16.5. The van der Waals surface area contributed by atoms with Gasteiger partial charge in [-0.3, -0.25) is 14.8 Å². The van der Waals surface area contributed by atoms with Gasteiger partial charge in [0.25, 0.3) is 11.8 Å². The summed E-state index contributed by atoms with van der Waals surface area (Å²) in [4.78, 5) is 25.6. The van der Waals surface area contributed by atoms with Crippen LogP contribution in [0.3, 0.4) is 0 Å². The van der Waals surface area contributed by atoms with Crippen LogP contribution in [0.1, 0.15) is 22.8 Å². The number of hydroxylamine groups is 2. The van der Waals surface area contributed by atoms with Crippen LogP contribution < -0.4 is 0 Å². The number of benzene rings is 2. The van der Waals surface area contributed by atoms with Crippen LogP contribution in [-0.4, -0.2) is 39.9 Å². The SMILES string of the molecule is CC1=NN(C)C(=O)C1(c1ccccc1)N(O)C(=O)c1ccccc1. The molecule has 122 valence electrons. The molecule has 0 saturated heterocycles. The van der Waals surface area contributed by atoms with Gasteiger partial charge in [-0.15, -0.1) is 0 Å². The van der Waals surface area contributed by atoms with Crippen LogP contribution >= 0.6 is 0 Å². The van der Waals surface area contributed by atoms with Crippen molar-refractivity contribution in [2.45, 2.75) is 12.5 Å². The Morgan fingerprint density at radius 1 is 1.08 bits per heavy atom. The Kier molecular flexibility index (Phi) is 3.91. The van der Waals surface area contributed by atoms with Crippen molar-refractivity contribution in [3.63, 3.8) is 0 Å². The van der Waals surface area contributed by atoms with Gasteiger partial charge in [0.05, 0.1) is 5.71 Å². The smallest absolute Gasteiger partial charge is 0.281 e. The highest BCUT2D eigenvalue weighted by molar-refractivity contribution is 6.18. The van der Waals surface area contributed by atoms with Crippen LogP contribution in [0.2, 0.25) is 0 Å². The average molecular weight is 323 g/mol. The minimum Gasteiger partial charge on any atom is -0.284 e. The zero-order chi connectivity index (χ0) is 17.3. The summed E-state index contributed by atoms with van der Waals surface area (Å²) >= 11 is 0. The van der Waals surface area contributed by atoms with E-state index in [4.69, 9.17) is 0 Å². The van der Waals surface area contributed by atoms with Crippen molar-refractivity contribution >= 4 is 17.5 Å². The maximum atomic E-state index is 12.9. The van der Waals surface area contributed by atoms with Gasteiger partial charge in [0.1, 0.15) is 0 Å². The van der Waals surface area contributed by atoms with Gasteiger partial charge in [0, 0.05) is 12.6 Å². The molecule has 3 rings (SSSR count). The maximum Gasteiger partial charge on any atom is 0.281 e. The Labute approximate surface area is 139 Å². The second-order valence-corrected chi connectivity index (χ2v) is 5.57.